The molecular weight excluding hydrogens is 264 g/mol. The van der Waals surface area contributed by atoms with Crippen molar-refractivity contribution >= 4 is 0 Å². The minimum atomic E-state index is 0.324. The fraction of sp³-hybridized carbons (Fsp3) is 0.778. The van der Waals surface area contributed by atoms with Gasteiger partial charge in [0.25, 0.3) is 0 Å². The Morgan fingerprint density at radius 3 is 1.76 bits per heavy atom. The predicted octanol–water partition coefficient (Wildman–Crippen LogP) is 3.25. The summed E-state index contributed by atoms with van der Waals surface area (Å²) < 4.78 is 17.4. The van der Waals surface area contributed by atoms with E-state index < -0.39 is 0 Å². The molecule has 6 unspecified atom stereocenters. The van der Waals surface area contributed by atoms with Crippen molar-refractivity contribution in [2.24, 2.45) is 11.8 Å². The molecule has 21 heavy (non-hydrogen) atoms. The van der Waals surface area contributed by atoms with Crippen LogP contribution in [0.1, 0.15) is 38.5 Å². The molecule has 116 valence electrons. The maximum atomic E-state index is 5.83. The standard InChI is InChI=1S/C18H26O3/c1-3-7-13(8-4-1)17-15(20-17)11-19-12-16-18(21-16)14-9-5-2-6-10-14/h3,5,7,9,13-18H,1-2,4,6,8,10-12H2. The van der Waals surface area contributed by atoms with Crippen LogP contribution in [-0.4, -0.2) is 37.6 Å². The first-order valence-electron chi connectivity index (χ1n) is 8.64. The van der Waals surface area contributed by atoms with Gasteiger partial charge in [-0.1, -0.05) is 24.3 Å². The van der Waals surface area contributed by atoms with Gasteiger partial charge in [-0.05, 0) is 38.5 Å². The molecule has 0 bridgehead atoms. The Labute approximate surface area is 127 Å². The summed E-state index contributed by atoms with van der Waals surface area (Å²) >= 11 is 0. The van der Waals surface area contributed by atoms with Crippen LogP contribution < -0.4 is 0 Å². The van der Waals surface area contributed by atoms with E-state index in [4.69, 9.17) is 14.2 Å². The summed E-state index contributed by atoms with van der Waals surface area (Å²) in [6, 6.07) is 0. The number of ether oxygens (including phenoxy) is 3. The van der Waals surface area contributed by atoms with E-state index in [1.165, 1.54) is 38.5 Å². The van der Waals surface area contributed by atoms with Gasteiger partial charge < -0.3 is 14.2 Å². The SMILES string of the molecule is C1=CC(C2OC2COCC2OC2C2C=CCCC2)CCC1. The molecule has 0 N–H and O–H groups in total. The molecule has 3 nitrogen and oxygen atoms in total. The second-order valence-corrected chi connectivity index (χ2v) is 6.86. The van der Waals surface area contributed by atoms with Crippen LogP contribution in [0.2, 0.25) is 0 Å². The van der Waals surface area contributed by atoms with E-state index in [2.05, 4.69) is 24.3 Å². The number of epoxide rings is 2. The Morgan fingerprint density at radius 2 is 1.33 bits per heavy atom. The second-order valence-electron chi connectivity index (χ2n) is 6.86. The molecule has 0 saturated carbocycles. The average molecular weight is 290 g/mol. The van der Waals surface area contributed by atoms with Crippen LogP contribution in [0, 0.1) is 11.8 Å². The molecule has 0 aromatic rings. The van der Waals surface area contributed by atoms with Crippen LogP contribution in [0.15, 0.2) is 24.3 Å². The minimum Gasteiger partial charge on any atom is -0.376 e. The van der Waals surface area contributed by atoms with Gasteiger partial charge in [0.1, 0.15) is 12.2 Å². The van der Waals surface area contributed by atoms with E-state index in [9.17, 15) is 0 Å². The van der Waals surface area contributed by atoms with E-state index in [1.807, 2.05) is 0 Å². The Kier molecular flexibility index (Phi) is 4.15. The lowest BCUT2D eigenvalue weighted by Crippen LogP contribution is -2.17. The highest BCUT2D eigenvalue weighted by Crippen LogP contribution is 2.37. The third-order valence-corrected chi connectivity index (χ3v) is 5.23. The molecular formula is C18H26O3. The van der Waals surface area contributed by atoms with Crippen molar-refractivity contribution in [1.29, 1.82) is 0 Å². The van der Waals surface area contributed by atoms with Crippen molar-refractivity contribution in [1.82, 2.24) is 0 Å². The Morgan fingerprint density at radius 1 is 0.810 bits per heavy atom. The van der Waals surface area contributed by atoms with Crippen molar-refractivity contribution in [2.75, 3.05) is 13.2 Å². The first-order chi connectivity index (χ1) is 10.4. The monoisotopic (exact) mass is 290 g/mol. The Hall–Kier alpha value is -0.640. The van der Waals surface area contributed by atoms with Gasteiger partial charge in [0.05, 0.1) is 25.4 Å². The molecule has 2 aliphatic carbocycles. The van der Waals surface area contributed by atoms with Gasteiger partial charge in [-0.15, -0.1) is 0 Å². The number of allylic oxidation sites excluding steroid dienone is 2. The van der Waals surface area contributed by atoms with Gasteiger partial charge in [-0.2, -0.15) is 0 Å². The van der Waals surface area contributed by atoms with Crippen LogP contribution in [0.4, 0.5) is 0 Å². The molecule has 2 fully saturated rings. The normalized spacial score (nSPS) is 44.8. The summed E-state index contributed by atoms with van der Waals surface area (Å²) in [5.74, 6) is 1.26. The van der Waals surface area contributed by atoms with Crippen molar-refractivity contribution < 1.29 is 14.2 Å². The second kappa shape index (κ2) is 6.23. The first kappa shape index (κ1) is 14.0. The summed E-state index contributed by atoms with van der Waals surface area (Å²) in [5.41, 5.74) is 0. The molecule has 0 aromatic heterocycles. The summed E-state index contributed by atoms with van der Waals surface area (Å²) in [4.78, 5) is 0. The fourth-order valence-corrected chi connectivity index (χ4v) is 3.86. The number of hydrogen-bond donors (Lipinski definition) is 0. The van der Waals surface area contributed by atoms with Crippen molar-refractivity contribution in [3.8, 4) is 0 Å². The van der Waals surface area contributed by atoms with Gasteiger partial charge in [0, 0.05) is 11.8 Å². The number of rotatable bonds is 6. The first-order valence-corrected chi connectivity index (χ1v) is 8.64. The zero-order chi connectivity index (χ0) is 14.1. The Balaban J connectivity index is 1.12. The van der Waals surface area contributed by atoms with Gasteiger partial charge in [-0.25, -0.2) is 0 Å². The summed E-state index contributed by atoms with van der Waals surface area (Å²) in [5, 5.41) is 0. The topological polar surface area (TPSA) is 34.3 Å². The third-order valence-electron chi connectivity index (χ3n) is 5.23. The molecule has 4 rings (SSSR count). The van der Waals surface area contributed by atoms with Gasteiger partial charge in [-0.3, -0.25) is 0 Å². The highest BCUT2D eigenvalue weighted by molar-refractivity contribution is 5.05. The lowest BCUT2D eigenvalue weighted by molar-refractivity contribution is 0.102. The molecule has 2 aliphatic heterocycles. The van der Waals surface area contributed by atoms with E-state index in [-0.39, 0.29) is 0 Å². The minimum absolute atomic E-state index is 0.324. The number of hydrogen-bond acceptors (Lipinski definition) is 3. The van der Waals surface area contributed by atoms with Crippen molar-refractivity contribution in [3.05, 3.63) is 24.3 Å². The smallest absolute Gasteiger partial charge is 0.108 e. The zero-order valence-corrected chi connectivity index (χ0v) is 12.7. The van der Waals surface area contributed by atoms with Crippen LogP contribution in [0.5, 0.6) is 0 Å². The van der Waals surface area contributed by atoms with Crippen LogP contribution >= 0.6 is 0 Å². The van der Waals surface area contributed by atoms with Crippen molar-refractivity contribution in [3.63, 3.8) is 0 Å². The van der Waals surface area contributed by atoms with E-state index in [1.54, 1.807) is 0 Å². The fourth-order valence-electron chi connectivity index (χ4n) is 3.86. The van der Waals surface area contributed by atoms with E-state index in [0.717, 1.165) is 13.2 Å². The predicted molar refractivity (Wildman–Crippen MR) is 81.1 cm³/mol. The molecule has 2 saturated heterocycles. The zero-order valence-electron chi connectivity index (χ0n) is 12.7. The molecule has 0 spiro atoms. The summed E-state index contributed by atoms with van der Waals surface area (Å²) in [6.07, 6.45) is 18.4. The molecule has 3 heteroatoms. The molecule has 2 heterocycles. The maximum Gasteiger partial charge on any atom is 0.108 e. The quantitative estimate of drug-likeness (QED) is 0.556. The summed E-state index contributed by atoms with van der Waals surface area (Å²) in [7, 11) is 0. The largest absolute Gasteiger partial charge is 0.376 e. The molecule has 0 amide bonds. The van der Waals surface area contributed by atoms with Gasteiger partial charge >= 0.3 is 0 Å². The Bertz CT molecular complexity index is 379. The highest BCUT2D eigenvalue weighted by atomic mass is 16.6. The van der Waals surface area contributed by atoms with E-state index >= 15 is 0 Å². The molecule has 6 atom stereocenters. The molecule has 0 radical (unpaired) electrons. The molecule has 4 aliphatic rings. The lowest BCUT2D eigenvalue weighted by Gasteiger charge is -2.13. The average Bonchev–Trinajstić information content (AvgIpc) is 3.45. The maximum absolute atomic E-state index is 5.83. The van der Waals surface area contributed by atoms with Crippen LogP contribution in [-0.2, 0) is 14.2 Å². The van der Waals surface area contributed by atoms with Crippen LogP contribution in [0.3, 0.4) is 0 Å². The summed E-state index contributed by atoms with van der Waals surface area (Å²) in [6.45, 7) is 1.48. The highest BCUT2D eigenvalue weighted by Gasteiger charge is 2.46. The third kappa shape index (κ3) is 3.41. The molecule has 0 aromatic carbocycles. The van der Waals surface area contributed by atoms with Gasteiger partial charge in [0.2, 0.25) is 0 Å². The van der Waals surface area contributed by atoms with E-state index in [0.29, 0.717) is 36.3 Å². The van der Waals surface area contributed by atoms with Gasteiger partial charge in [0.15, 0.2) is 0 Å². The van der Waals surface area contributed by atoms with Crippen LogP contribution in [0.25, 0.3) is 0 Å². The van der Waals surface area contributed by atoms with Crippen molar-refractivity contribution in [2.45, 2.75) is 62.9 Å². The lowest BCUT2D eigenvalue weighted by atomic mass is 9.91.